The summed E-state index contributed by atoms with van der Waals surface area (Å²) < 4.78 is 39.6. The Bertz CT molecular complexity index is 751. The maximum absolute atomic E-state index is 14.2. The molecule has 2 aliphatic heterocycles. The largest absolute Gasteiger partial charge is 0.492 e. The molecule has 1 saturated carbocycles. The number of nitrogens with one attached hydrogen (secondary N) is 1. The highest BCUT2D eigenvalue weighted by molar-refractivity contribution is 5.91. The van der Waals surface area contributed by atoms with E-state index in [4.69, 9.17) is 9.47 Å². The zero-order valence-electron chi connectivity index (χ0n) is 18.2. The number of hydrogen-bond donors (Lipinski definition) is 1. The van der Waals surface area contributed by atoms with Gasteiger partial charge in [0.25, 0.3) is 5.92 Å². The molecule has 0 unspecified atom stereocenters. The SMILES string of the molecule is CCOc1ccccc1NC(=O)N1CCC(N2CC(F)(F)C[C@H]2COCC2CC2)CC1. The number of carbonyl (C=O) groups is 1. The van der Waals surface area contributed by atoms with E-state index in [-0.39, 0.29) is 31.1 Å². The van der Waals surface area contributed by atoms with Crippen LogP contribution in [-0.2, 0) is 4.74 Å². The van der Waals surface area contributed by atoms with E-state index in [9.17, 15) is 13.6 Å². The summed E-state index contributed by atoms with van der Waals surface area (Å²) in [5, 5.41) is 2.92. The number of ether oxygens (including phenoxy) is 2. The molecule has 2 amide bonds. The lowest BCUT2D eigenvalue weighted by Gasteiger charge is -2.39. The summed E-state index contributed by atoms with van der Waals surface area (Å²) in [6.07, 6.45) is 3.64. The molecule has 6 nitrogen and oxygen atoms in total. The minimum atomic E-state index is -2.66. The smallest absolute Gasteiger partial charge is 0.321 e. The van der Waals surface area contributed by atoms with Gasteiger partial charge in [-0.2, -0.15) is 0 Å². The monoisotopic (exact) mass is 437 g/mol. The van der Waals surface area contributed by atoms with Crippen LogP contribution >= 0.6 is 0 Å². The van der Waals surface area contributed by atoms with E-state index < -0.39 is 5.92 Å². The lowest BCUT2D eigenvalue weighted by Crippen LogP contribution is -2.50. The molecule has 1 N–H and O–H groups in total. The molecule has 0 spiro atoms. The molecule has 31 heavy (non-hydrogen) atoms. The number of nitrogens with zero attached hydrogens (tertiary/aromatic N) is 2. The number of carbonyl (C=O) groups excluding carboxylic acids is 1. The van der Waals surface area contributed by atoms with Gasteiger partial charge in [-0.1, -0.05) is 12.1 Å². The van der Waals surface area contributed by atoms with Crippen LogP contribution in [0.15, 0.2) is 24.3 Å². The van der Waals surface area contributed by atoms with Gasteiger partial charge >= 0.3 is 6.03 Å². The van der Waals surface area contributed by atoms with Gasteiger partial charge in [0.1, 0.15) is 5.75 Å². The molecule has 1 aromatic rings. The van der Waals surface area contributed by atoms with Crippen molar-refractivity contribution >= 4 is 11.7 Å². The van der Waals surface area contributed by atoms with Gasteiger partial charge in [-0.15, -0.1) is 0 Å². The second-order valence-corrected chi connectivity index (χ2v) is 8.94. The fourth-order valence-electron chi connectivity index (χ4n) is 4.61. The fraction of sp³-hybridized carbons (Fsp3) is 0.696. The van der Waals surface area contributed by atoms with Crippen LogP contribution in [0.4, 0.5) is 19.3 Å². The molecule has 3 aliphatic rings. The third-order valence-electron chi connectivity index (χ3n) is 6.43. The lowest BCUT2D eigenvalue weighted by molar-refractivity contribution is 0.00378. The van der Waals surface area contributed by atoms with Crippen LogP contribution in [0.25, 0.3) is 0 Å². The van der Waals surface area contributed by atoms with E-state index in [0.29, 0.717) is 63.1 Å². The first kappa shape index (κ1) is 22.3. The van der Waals surface area contributed by atoms with Crippen molar-refractivity contribution < 1.29 is 23.0 Å². The molecule has 172 valence electrons. The summed E-state index contributed by atoms with van der Waals surface area (Å²) >= 11 is 0. The van der Waals surface area contributed by atoms with E-state index in [1.165, 1.54) is 12.8 Å². The number of benzene rings is 1. The maximum Gasteiger partial charge on any atom is 0.321 e. The predicted molar refractivity (Wildman–Crippen MR) is 115 cm³/mol. The van der Waals surface area contributed by atoms with E-state index in [0.717, 1.165) is 0 Å². The van der Waals surface area contributed by atoms with Gasteiger partial charge in [0.15, 0.2) is 0 Å². The Morgan fingerprint density at radius 2 is 1.90 bits per heavy atom. The first-order chi connectivity index (χ1) is 14.9. The van der Waals surface area contributed by atoms with Crippen molar-refractivity contribution in [2.24, 2.45) is 5.92 Å². The van der Waals surface area contributed by atoms with Gasteiger partial charge in [0.05, 0.1) is 25.4 Å². The van der Waals surface area contributed by atoms with Crippen LogP contribution in [0.5, 0.6) is 5.75 Å². The second kappa shape index (κ2) is 9.69. The molecular weight excluding hydrogens is 404 g/mol. The average molecular weight is 438 g/mol. The van der Waals surface area contributed by atoms with Crippen molar-refractivity contribution in [2.45, 2.75) is 57.0 Å². The van der Waals surface area contributed by atoms with Gasteiger partial charge in [0, 0.05) is 38.2 Å². The van der Waals surface area contributed by atoms with Crippen LogP contribution in [0.3, 0.4) is 0 Å². The third kappa shape index (κ3) is 5.86. The minimum absolute atomic E-state index is 0.0580. The summed E-state index contributed by atoms with van der Waals surface area (Å²) in [5.41, 5.74) is 0.642. The van der Waals surface area contributed by atoms with Gasteiger partial charge in [-0.05, 0) is 50.7 Å². The number of urea groups is 1. The number of rotatable bonds is 8. The molecule has 1 atom stereocenters. The summed E-state index contributed by atoms with van der Waals surface area (Å²) in [5.74, 6) is -1.39. The third-order valence-corrected chi connectivity index (χ3v) is 6.43. The number of likely N-dealkylation sites (tertiary alicyclic amines) is 2. The Balaban J connectivity index is 1.29. The average Bonchev–Trinajstić information content (AvgIpc) is 3.52. The molecule has 3 fully saturated rings. The lowest BCUT2D eigenvalue weighted by atomic mass is 10.0. The number of piperidine rings is 1. The van der Waals surface area contributed by atoms with Crippen molar-refractivity contribution in [1.82, 2.24) is 9.80 Å². The van der Waals surface area contributed by atoms with Crippen LogP contribution < -0.4 is 10.1 Å². The van der Waals surface area contributed by atoms with E-state index in [2.05, 4.69) is 5.32 Å². The summed E-state index contributed by atoms with van der Waals surface area (Å²) in [4.78, 5) is 16.4. The summed E-state index contributed by atoms with van der Waals surface area (Å²) in [6.45, 7) is 4.37. The zero-order valence-corrected chi connectivity index (χ0v) is 18.2. The zero-order chi connectivity index (χ0) is 21.8. The van der Waals surface area contributed by atoms with Gasteiger partial charge in [-0.3, -0.25) is 4.90 Å². The normalized spacial score (nSPS) is 24.4. The number of alkyl halides is 2. The number of hydrogen-bond acceptors (Lipinski definition) is 4. The number of anilines is 1. The standard InChI is InChI=1S/C23H33F2N3O3/c1-2-31-21-6-4-3-5-20(21)26-22(29)27-11-9-18(10-12-27)28-16-23(24,25)13-19(28)15-30-14-17-7-8-17/h3-6,17-19H,2,7-16H2,1H3,(H,26,29)/t19-/m0/s1. The Morgan fingerprint density at radius 1 is 1.16 bits per heavy atom. The second-order valence-electron chi connectivity index (χ2n) is 8.94. The van der Waals surface area contributed by atoms with Crippen LogP contribution in [0.1, 0.15) is 39.0 Å². The Kier molecular flexibility index (Phi) is 6.96. The Morgan fingerprint density at radius 3 is 2.61 bits per heavy atom. The van der Waals surface area contributed by atoms with Crippen molar-refractivity contribution in [1.29, 1.82) is 0 Å². The number of halogens is 2. The van der Waals surface area contributed by atoms with Crippen molar-refractivity contribution in [2.75, 3.05) is 44.8 Å². The van der Waals surface area contributed by atoms with E-state index >= 15 is 0 Å². The topological polar surface area (TPSA) is 54.0 Å². The van der Waals surface area contributed by atoms with Gasteiger partial charge < -0.3 is 19.7 Å². The maximum atomic E-state index is 14.2. The molecular formula is C23H33F2N3O3. The van der Waals surface area contributed by atoms with Gasteiger partial charge in [-0.25, -0.2) is 13.6 Å². The highest BCUT2D eigenvalue weighted by Gasteiger charge is 2.47. The molecule has 0 aromatic heterocycles. The first-order valence-corrected chi connectivity index (χ1v) is 11.4. The predicted octanol–water partition coefficient (Wildman–Crippen LogP) is 4.22. The van der Waals surface area contributed by atoms with E-state index in [1.54, 1.807) is 4.90 Å². The Hall–Kier alpha value is -1.93. The fourth-order valence-corrected chi connectivity index (χ4v) is 4.61. The molecule has 0 radical (unpaired) electrons. The molecule has 2 saturated heterocycles. The highest BCUT2D eigenvalue weighted by atomic mass is 19.3. The number of amides is 2. The molecule has 4 rings (SSSR count). The van der Waals surface area contributed by atoms with Crippen molar-refractivity contribution in [3.63, 3.8) is 0 Å². The quantitative estimate of drug-likeness (QED) is 0.662. The van der Waals surface area contributed by atoms with Crippen LogP contribution in [0, 0.1) is 5.92 Å². The van der Waals surface area contributed by atoms with Crippen molar-refractivity contribution in [3.05, 3.63) is 24.3 Å². The van der Waals surface area contributed by atoms with E-state index in [1.807, 2.05) is 36.1 Å². The molecule has 8 heteroatoms. The van der Waals surface area contributed by atoms with Gasteiger partial charge in [0.2, 0.25) is 0 Å². The highest BCUT2D eigenvalue weighted by Crippen LogP contribution is 2.36. The number of para-hydroxylation sites is 2. The molecule has 0 bridgehead atoms. The molecule has 1 aromatic carbocycles. The summed E-state index contributed by atoms with van der Waals surface area (Å²) in [6, 6.07) is 6.99. The molecule has 1 aliphatic carbocycles. The van der Waals surface area contributed by atoms with Crippen molar-refractivity contribution in [3.8, 4) is 5.75 Å². The summed E-state index contributed by atoms with van der Waals surface area (Å²) in [7, 11) is 0. The van der Waals surface area contributed by atoms with Crippen LogP contribution in [-0.4, -0.2) is 73.3 Å². The minimum Gasteiger partial charge on any atom is -0.492 e. The molecule has 2 heterocycles. The Labute approximate surface area is 182 Å². The van der Waals surface area contributed by atoms with Crippen LogP contribution in [0.2, 0.25) is 0 Å². The first-order valence-electron chi connectivity index (χ1n) is 11.4.